The second-order valence-corrected chi connectivity index (χ2v) is 10.9. The first-order valence-corrected chi connectivity index (χ1v) is 14.2. The lowest BCUT2D eigenvalue weighted by Gasteiger charge is -2.23. The summed E-state index contributed by atoms with van der Waals surface area (Å²) in [5.74, 6) is 1.77. The molecule has 39 heavy (non-hydrogen) atoms. The summed E-state index contributed by atoms with van der Waals surface area (Å²) in [6, 6.07) is 15.3. The van der Waals surface area contributed by atoms with Gasteiger partial charge in [0.05, 0.1) is 36.5 Å². The minimum absolute atomic E-state index is 0.0574. The van der Waals surface area contributed by atoms with Crippen LogP contribution in [0, 0.1) is 11.3 Å². The van der Waals surface area contributed by atoms with E-state index < -0.39 is 11.0 Å². The third-order valence-corrected chi connectivity index (χ3v) is 7.57. The number of rotatable bonds is 12. The van der Waals surface area contributed by atoms with Gasteiger partial charge >= 0.3 is 0 Å². The topological polar surface area (TPSA) is 110 Å². The Morgan fingerprint density at radius 2 is 1.97 bits per heavy atom. The van der Waals surface area contributed by atoms with Crippen LogP contribution in [0.5, 0.6) is 11.5 Å². The monoisotopic (exact) mass is 549 g/mol. The Morgan fingerprint density at radius 1 is 1.15 bits per heavy atom. The Kier molecular flexibility index (Phi) is 10.4. The summed E-state index contributed by atoms with van der Waals surface area (Å²) >= 11 is 0. The quantitative estimate of drug-likeness (QED) is 0.341. The van der Waals surface area contributed by atoms with Crippen molar-refractivity contribution in [2.24, 2.45) is 0 Å². The maximum Gasteiger partial charge on any atom is 0.137 e. The highest BCUT2D eigenvalue weighted by molar-refractivity contribution is 7.83. The van der Waals surface area contributed by atoms with Crippen molar-refractivity contribution >= 4 is 11.0 Å². The highest BCUT2D eigenvalue weighted by Gasteiger charge is 2.18. The maximum atomic E-state index is 12.8. The molecule has 0 spiro atoms. The first-order chi connectivity index (χ1) is 19.0. The molecule has 10 heteroatoms. The number of nitrogens with zero attached hydrogens (tertiary/aromatic N) is 4. The van der Waals surface area contributed by atoms with E-state index in [9.17, 15) is 9.47 Å². The zero-order chi connectivity index (χ0) is 27.6. The van der Waals surface area contributed by atoms with Gasteiger partial charge in [-0.3, -0.25) is 0 Å². The molecule has 2 heterocycles. The molecule has 4 rings (SSSR count). The third kappa shape index (κ3) is 8.07. The fourth-order valence-electron chi connectivity index (χ4n) is 4.29. The van der Waals surface area contributed by atoms with Gasteiger partial charge in [-0.15, -0.1) is 0 Å². The summed E-state index contributed by atoms with van der Waals surface area (Å²) in [5.41, 5.74) is 2.96. The zero-order valence-electron chi connectivity index (χ0n) is 22.7. The van der Waals surface area contributed by atoms with Crippen LogP contribution in [0.2, 0.25) is 0 Å². The molecular formula is C29H35N5O4S. The normalized spacial score (nSPS) is 14.6. The molecule has 206 valence electrons. The summed E-state index contributed by atoms with van der Waals surface area (Å²) in [5, 5.41) is 9.73. The summed E-state index contributed by atoms with van der Waals surface area (Å²) in [6.07, 6.45) is 4.78. The van der Waals surface area contributed by atoms with Crippen molar-refractivity contribution in [2.75, 3.05) is 47.5 Å². The number of hydrogen-bond donors (Lipinski definition) is 1. The van der Waals surface area contributed by atoms with Crippen LogP contribution in [0.4, 0.5) is 0 Å². The van der Waals surface area contributed by atoms with Gasteiger partial charge in [-0.2, -0.15) is 5.26 Å². The van der Waals surface area contributed by atoms with Crippen LogP contribution in [0.25, 0.3) is 11.3 Å². The first-order valence-electron chi connectivity index (χ1n) is 13.0. The minimum Gasteiger partial charge on any atom is -0.495 e. The van der Waals surface area contributed by atoms with Crippen LogP contribution in [0.1, 0.15) is 36.2 Å². The van der Waals surface area contributed by atoms with Crippen molar-refractivity contribution in [3.8, 4) is 28.8 Å². The molecule has 1 fully saturated rings. The van der Waals surface area contributed by atoms with Crippen LogP contribution >= 0.6 is 0 Å². The van der Waals surface area contributed by atoms with Crippen LogP contribution < -0.4 is 14.2 Å². The summed E-state index contributed by atoms with van der Waals surface area (Å²) in [6.45, 7) is 2.92. The van der Waals surface area contributed by atoms with Gasteiger partial charge in [0.25, 0.3) is 0 Å². The molecule has 0 bridgehead atoms. The summed E-state index contributed by atoms with van der Waals surface area (Å²) < 4.78 is 32.9. The molecule has 3 aromatic rings. The lowest BCUT2D eigenvalue weighted by molar-refractivity contribution is 0.0254. The molecule has 1 aliphatic rings. The summed E-state index contributed by atoms with van der Waals surface area (Å²) in [4.78, 5) is 11.9. The van der Waals surface area contributed by atoms with E-state index in [1.165, 1.54) is 0 Å². The minimum atomic E-state index is -1.37. The molecule has 1 N–H and O–H groups in total. The average Bonchev–Trinajstić information content (AvgIpc) is 2.96. The highest BCUT2D eigenvalue weighted by Crippen LogP contribution is 2.28. The van der Waals surface area contributed by atoms with E-state index in [-0.39, 0.29) is 6.10 Å². The van der Waals surface area contributed by atoms with Gasteiger partial charge in [-0.25, -0.2) is 18.9 Å². The molecule has 1 unspecified atom stereocenters. The number of hydrogen-bond acceptors (Lipinski definition) is 8. The molecule has 1 atom stereocenters. The van der Waals surface area contributed by atoms with Crippen molar-refractivity contribution in [2.45, 2.75) is 36.7 Å². The molecule has 1 aromatic heterocycles. The number of ether oxygens (including phenoxy) is 3. The van der Waals surface area contributed by atoms with E-state index in [0.717, 1.165) is 42.6 Å². The maximum absolute atomic E-state index is 12.8. The Balaban J connectivity index is 1.45. The molecule has 0 aliphatic carbocycles. The second kappa shape index (κ2) is 14.1. The van der Waals surface area contributed by atoms with Crippen molar-refractivity contribution in [3.05, 3.63) is 65.6 Å². The molecule has 0 radical (unpaired) electrons. The fraction of sp³-hybridized carbons (Fsp3) is 0.414. The highest BCUT2D eigenvalue weighted by atomic mass is 32.2. The van der Waals surface area contributed by atoms with Gasteiger partial charge in [0.1, 0.15) is 40.5 Å². The fourth-order valence-corrected chi connectivity index (χ4v) is 5.30. The Bertz CT molecular complexity index is 1320. The molecule has 1 saturated heterocycles. The van der Waals surface area contributed by atoms with E-state index in [4.69, 9.17) is 19.2 Å². The van der Waals surface area contributed by atoms with Crippen LogP contribution in [-0.4, -0.2) is 72.7 Å². The Hall–Kier alpha value is -3.36. The van der Waals surface area contributed by atoms with Gasteiger partial charge in [0, 0.05) is 37.6 Å². The summed E-state index contributed by atoms with van der Waals surface area (Å²) in [7, 11) is 4.24. The number of nitrogens with one attached hydrogen (secondary N) is 1. The smallest absolute Gasteiger partial charge is 0.137 e. The third-order valence-electron chi connectivity index (χ3n) is 6.37. The van der Waals surface area contributed by atoms with E-state index in [0.29, 0.717) is 54.0 Å². The number of aromatic nitrogens is 2. The van der Waals surface area contributed by atoms with Crippen molar-refractivity contribution < 1.29 is 18.4 Å². The Morgan fingerprint density at radius 3 is 2.72 bits per heavy atom. The first kappa shape index (κ1) is 28.6. The van der Waals surface area contributed by atoms with E-state index in [1.807, 2.05) is 50.5 Å². The van der Waals surface area contributed by atoms with Gasteiger partial charge in [0.15, 0.2) is 0 Å². The molecule has 1 aliphatic heterocycles. The van der Waals surface area contributed by atoms with Crippen molar-refractivity contribution in [1.29, 1.82) is 5.26 Å². The van der Waals surface area contributed by atoms with Gasteiger partial charge in [0.2, 0.25) is 0 Å². The molecule has 0 saturated carbocycles. The molecule has 0 amide bonds. The predicted molar refractivity (Wildman–Crippen MR) is 150 cm³/mol. The van der Waals surface area contributed by atoms with Gasteiger partial charge in [-0.05, 0) is 69.0 Å². The largest absolute Gasteiger partial charge is 0.495 e. The van der Waals surface area contributed by atoms with E-state index >= 15 is 0 Å². The predicted octanol–water partition coefficient (Wildman–Crippen LogP) is 3.74. The Labute approximate surface area is 232 Å². The van der Waals surface area contributed by atoms with Crippen LogP contribution in [-0.2, 0) is 22.1 Å². The average molecular weight is 550 g/mol. The number of benzene rings is 2. The van der Waals surface area contributed by atoms with Crippen molar-refractivity contribution in [3.63, 3.8) is 0 Å². The van der Waals surface area contributed by atoms with Gasteiger partial charge < -0.3 is 19.1 Å². The molecule has 9 nitrogen and oxygen atoms in total. The lowest BCUT2D eigenvalue weighted by Crippen LogP contribution is -2.26. The van der Waals surface area contributed by atoms with Crippen molar-refractivity contribution in [1.82, 2.24) is 19.6 Å². The van der Waals surface area contributed by atoms with Crippen LogP contribution in [0.15, 0.2) is 53.6 Å². The van der Waals surface area contributed by atoms with Crippen LogP contribution in [0.3, 0.4) is 0 Å². The molecular weight excluding hydrogens is 514 g/mol. The SMILES string of the molecule is COc1cc(Cc2nccc(-c3ccc(OC4CCOCC4)c(C#N)c3)n2)ccc1S(=O)NCCCN(C)C. The zero-order valence-corrected chi connectivity index (χ0v) is 23.5. The standard InChI is InChI=1S/C29H35N5O4S/c1-34(2)14-4-12-32-39(35)28-8-5-21(17-27(28)36-3)18-29-31-13-9-25(33-29)22-6-7-26(23(19-22)20-30)38-24-10-15-37-16-11-24/h5-9,13,17,19,24,32H,4,10-12,14-16,18H2,1-3H3. The lowest BCUT2D eigenvalue weighted by atomic mass is 10.1. The molecule has 2 aromatic carbocycles. The number of nitriles is 1. The van der Waals surface area contributed by atoms with Gasteiger partial charge in [-0.1, -0.05) is 6.07 Å². The van der Waals surface area contributed by atoms with E-state index in [2.05, 4.69) is 20.7 Å². The number of methoxy groups -OCH3 is 1. The second-order valence-electron chi connectivity index (χ2n) is 9.59. The van der Waals surface area contributed by atoms with E-state index in [1.54, 1.807) is 19.4 Å².